The van der Waals surface area contributed by atoms with Crippen LogP contribution in [0.4, 0.5) is 5.69 Å². The monoisotopic (exact) mass is 353 g/mol. The summed E-state index contributed by atoms with van der Waals surface area (Å²) in [6, 6.07) is 10.6. The largest absolute Gasteiger partial charge is 0.493 e. The maximum Gasteiger partial charge on any atom is 0.255 e. The molecule has 0 aliphatic rings. The number of nitrogens with zero attached hydrogens (tertiary/aromatic N) is 1. The molecule has 26 heavy (non-hydrogen) atoms. The second-order valence-electron chi connectivity index (χ2n) is 5.35. The van der Waals surface area contributed by atoms with Gasteiger partial charge in [0.15, 0.2) is 11.5 Å². The van der Waals surface area contributed by atoms with E-state index in [4.69, 9.17) is 14.2 Å². The van der Waals surface area contributed by atoms with Crippen LogP contribution in [0.25, 0.3) is 11.4 Å². The van der Waals surface area contributed by atoms with Crippen molar-refractivity contribution >= 4 is 11.6 Å². The zero-order valence-corrected chi connectivity index (χ0v) is 14.7. The molecule has 0 bridgehead atoms. The van der Waals surface area contributed by atoms with Gasteiger partial charge in [-0.3, -0.25) is 4.79 Å². The van der Waals surface area contributed by atoms with E-state index in [0.29, 0.717) is 34.3 Å². The predicted octanol–water partition coefficient (Wildman–Crippen LogP) is 3.35. The van der Waals surface area contributed by atoms with Crippen LogP contribution in [0, 0.1) is 0 Å². The van der Waals surface area contributed by atoms with E-state index >= 15 is 0 Å². The van der Waals surface area contributed by atoms with E-state index in [1.807, 2.05) is 24.3 Å². The van der Waals surface area contributed by atoms with E-state index in [-0.39, 0.29) is 5.91 Å². The van der Waals surface area contributed by atoms with E-state index in [2.05, 4.69) is 15.3 Å². The van der Waals surface area contributed by atoms with Crippen LogP contribution in [0.3, 0.4) is 0 Å². The molecular weight excluding hydrogens is 334 g/mol. The number of methoxy groups -OCH3 is 3. The van der Waals surface area contributed by atoms with Crippen LogP contribution < -0.4 is 19.5 Å². The lowest BCUT2D eigenvalue weighted by atomic mass is 10.1. The summed E-state index contributed by atoms with van der Waals surface area (Å²) in [4.78, 5) is 20.1. The molecule has 1 aromatic heterocycles. The van der Waals surface area contributed by atoms with Gasteiger partial charge in [-0.05, 0) is 24.3 Å². The number of aromatic amines is 1. The number of imidazole rings is 1. The van der Waals surface area contributed by atoms with E-state index in [9.17, 15) is 4.79 Å². The molecule has 0 spiro atoms. The fourth-order valence-electron chi connectivity index (χ4n) is 2.62. The Morgan fingerprint density at radius 2 is 1.73 bits per heavy atom. The van der Waals surface area contributed by atoms with Gasteiger partial charge in [-0.2, -0.15) is 0 Å². The minimum atomic E-state index is -0.303. The number of ether oxygens (including phenoxy) is 3. The molecular formula is C19H19N3O4. The van der Waals surface area contributed by atoms with Crippen molar-refractivity contribution in [2.75, 3.05) is 26.6 Å². The lowest BCUT2D eigenvalue weighted by molar-refractivity contribution is 0.102. The number of hydrogen-bond donors (Lipinski definition) is 2. The fourth-order valence-corrected chi connectivity index (χ4v) is 2.62. The molecule has 0 radical (unpaired) electrons. The Morgan fingerprint density at radius 1 is 1.04 bits per heavy atom. The van der Waals surface area contributed by atoms with Crippen LogP contribution in [0.2, 0.25) is 0 Å². The summed E-state index contributed by atoms with van der Waals surface area (Å²) in [6.45, 7) is 0. The maximum atomic E-state index is 12.8. The highest BCUT2D eigenvalue weighted by Crippen LogP contribution is 2.38. The van der Waals surface area contributed by atoms with Gasteiger partial charge in [0.2, 0.25) is 5.75 Å². The van der Waals surface area contributed by atoms with Crippen molar-refractivity contribution in [3.05, 3.63) is 54.4 Å². The van der Waals surface area contributed by atoms with Gasteiger partial charge in [-0.25, -0.2) is 4.98 Å². The Hall–Kier alpha value is -3.48. The molecule has 0 fully saturated rings. The third-order valence-electron chi connectivity index (χ3n) is 3.86. The van der Waals surface area contributed by atoms with Crippen molar-refractivity contribution in [1.82, 2.24) is 9.97 Å². The first kappa shape index (κ1) is 17.3. The third kappa shape index (κ3) is 3.32. The van der Waals surface area contributed by atoms with Crippen molar-refractivity contribution in [3.8, 4) is 28.6 Å². The number of carbonyl (C=O) groups is 1. The Morgan fingerprint density at radius 3 is 2.31 bits per heavy atom. The Balaban J connectivity index is 1.95. The van der Waals surface area contributed by atoms with Gasteiger partial charge in [0, 0.05) is 23.5 Å². The van der Waals surface area contributed by atoms with E-state index in [1.165, 1.54) is 21.3 Å². The van der Waals surface area contributed by atoms with Crippen LogP contribution in [0.5, 0.6) is 17.2 Å². The number of aromatic nitrogens is 2. The van der Waals surface area contributed by atoms with Crippen molar-refractivity contribution < 1.29 is 19.0 Å². The molecule has 0 aliphatic heterocycles. The third-order valence-corrected chi connectivity index (χ3v) is 3.86. The molecule has 0 aliphatic carbocycles. The molecule has 0 unspecified atom stereocenters. The first-order chi connectivity index (χ1) is 12.7. The van der Waals surface area contributed by atoms with Crippen LogP contribution in [0.1, 0.15) is 10.4 Å². The normalized spacial score (nSPS) is 10.3. The Labute approximate surface area is 150 Å². The zero-order valence-electron chi connectivity index (χ0n) is 14.7. The molecule has 3 aromatic rings. The average molecular weight is 353 g/mol. The van der Waals surface area contributed by atoms with Crippen molar-refractivity contribution in [2.24, 2.45) is 0 Å². The summed E-state index contributed by atoms with van der Waals surface area (Å²) in [5.74, 6) is 1.63. The van der Waals surface area contributed by atoms with Crippen LogP contribution in [-0.4, -0.2) is 37.2 Å². The van der Waals surface area contributed by atoms with Crippen LogP contribution >= 0.6 is 0 Å². The Bertz CT molecular complexity index is 882. The number of rotatable bonds is 6. The fraction of sp³-hybridized carbons (Fsp3) is 0.158. The molecule has 0 atom stereocenters. The summed E-state index contributed by atoms with van der Waals surface area (Å²) >= 11 is 0. The highest BCUT2D eigenvalue weighted by atomic mass is 16.5. The molecule has 0 saturated carbocycles. The number of hydrogen-bond acceptors (Lipinski definition) is 5. The predicted molar refractivity (Wildman–Crippen MR) is 98.1 cm³/mol. The minimum absolute atomic E-state index is 0.303. The lowest BCUT2D eigenvalue weighted by Gasteiger charge is -2.14. The number of nitrogens with one attached hydrogen (secondary N) is 2. The number of benzene rings is 2. The summed E-state index contributed by atoms with van der Waals surface area (Å²) in [5.41, 5.74) is 1.81. The van der Waals surface area contributed by atoms with E-state index in [0.717, 1.165) is 5.56 Å². The summed E-state index contributed by atoms with van der Waals surface area (Å²) < 4.78 is 15.9. The van der Waals surface area contributed by atoms with Gasteiger partial charge in [-0.1, -0.05) is 12.1 Å². The number of amides is 1. The minimum Gasteiger partial charge on any atom is -0.493 e. The van der Waals surface area contributed by atoms with Crippen molar-refractivity contribution in [2.45, 2.75) is 0 Å². The molecule has 1 heterocycles. The van der Waals surface area contributed by atoms with Crippen molar-refractivity contribution in [3.63, 3.8) is 0 Å². The number of para-hydroxylation sites is 1. The molecule has 7 nitrogen and oxygen atoms in total. The highest BCUT2D eigenvalue weighted by molar-refractivity contribution is 6.06. The topological polar surface area (TPSA) is 85.5 Å². The van der Waals surface area contributed by atoms with Gasteiger partial charge in [0.05, 0.1) is 27.0 Å². The maximum absolute atomic E-state index is 12.8. The molecule has 2 aromatic carbocycles. The summed E-state index contributed by atoms with van der Waals surface area (Å²) in [6.07, 6.45) is 3.39. The average Bonchev–Trinajstić information content (AvgIpc) is 3.21. The second kappa shape index (κ2) is 7.60. The SMILES string of the molecule is COc1cc(C(=O)Nc2ccccc2-c2ncc[nH]2)cc(OC)c1OC. The van der Waals surface area contributed by atoms with Crippen molar-refractivity contribution in [1.29, 1.82) is 0 Å². The molecule has 7 heteroatoms. The highest BCUT2D eigenvalue weighted by Gasteiger charge is 2.18. The number of H-pyrrole nitrogens is 1. The Kier molecular flexibility index (Phi) is 5.07. The van der Waals surface area contributed by atoms with Gasteiger partial charge >= 0.3 is 0 Å². The molecule has 2 N–H and O–H groups in total. The number of carbonyl (C=O) groups excluding carboxylic acids is 1. The van der Waals surface area contributed by atoms with E-state index in [1.54, 1.807) is 24.5 Å². The van der Waals surface area contributed by atoms with Gasteiger partial charge in [0.1, 0.15) is 5.82 Å². The van der Waals surface area contributed by atoms with E-state index < -0.39 is 0 Å². The second-order valence-corrected chi connectivity index (χ2v) is 5.35. The summed E-state index contributed by atoms with van der Waals surface area (Å²) in [7, 11) is 4.52. The van der Waals surface area contributed by atoms with Crippen LogP contribution in [-0.2, 0) is 0 Å². The van der Waals surface area contributed by atoms with Crippen LogP contribution in [0.15, 0.2) is 48.8 Å². The van der Waals surface area contributed by atoms with Gasteiger partial charge in [-0.15, -0.1) is 0 Å². The quantitative estimate of drug-likeness (QED) is 0.710. The lowest BCUT2D eigenvalue weighted by Crippen LogP contribution is -2.13. The molecule has 0 saturated heterocycles. The standard InChI is InChI=1S/C19H19N3O4/c1-24-15-10-12(11-16(25-2)17(15)26-3)19(23)22-14-7-5-4-6-13(14)18-20-8-9-21-18/h4-11H,1-3H3,(H,20,21)(H,22,23). The smallest absolute Gasteiger partial charge is 0.255 e. The first-order valence-electron chi connectivity index (χ1n) is 7.88. The summed E-state index contributed by atoms with van der Waals surface area (Å²) in [5, 5.41) is 2.90. The first-order valence-corrected chi connectivity index (χ1v) is 7.88. The van der Waals surface area contributed by atoms with Gasteiger partial charge in [0.25, 0.3) is 5.91 Å². The molecule has 134 valence electrons. The van der Waals surface area contributed by atoms with Gasteiger partial charge < -0.3 is 24.5 Å². The molecule has 3 rings (SSSR count). The number of anilines is 1. The molecule has 1 amide bonds. The zero-order chi connectivity index (χ0) is 18.5.